The average molecular weight is 460 g/mol. The minimum absolute atomic E-state index is 0. The van der Waals surface area contributed by atoms with E-state index < -0.39 is 0 Å². The Bertz CT molecular complexity index is 696. The van der Waals surface area contributed by atoms with E-state index in [9.17, 15) is 0 Å². The molecule has 2 aromatic rings. The fourth-order valence-electron chi connectivity index (χ4n) is 2.39. The van der Waals surface area contributed by atoms with Gasteiger partial charge in [0.1, 0.15) is 5.76 Å². The monoisotopic (exact) mass is 460 g/mol. The number of nitrogens with one attached hydrogen (secondary N) is 1. The molecule has 0 aliphatic heterocycles. The van der Waals surface area contributed by atoms with Crippen molar-refractivity contribution in [2.45, 2.75) is 26.8 Å². The summed E-state index contributed by atoms with van der Waals surface area (Å²) >= 11 is 0. The second kappa shape index (κ2) is 10.1. The Morgan fingerprint density at radius 1 is 1.24 bits per heavy atom. The molecule has 7 nitrogen and oxygen atoms in total. The minimum Gasteiger partial charge on any atom is -0.493 e. The summed E-state index contributed by atoms with van der Waals surface area (Å²) in [7, 11) is 3.21. The molecular weight excluding hydrogens is 435 g/mol. The normalized spacial score (nSPS) is 11.0. The molecule has 1 aromatic heterocycles. The molecule has 0 atom stereocenters. The smallest absolute Gasteiger partial charge is 0.188 e. The van der Waals surface area contributed by atoms with Crippen molar-refractivity contribution in [3.8, 4) is 11.5 Å². The highest BCUT2D eigenvalue weighted by Crippen LogP contribution is 2.27. The van der Waals surface area contributed by atoms with Crippen molar-refractivity contribution in [2.75, 3.05) is 20.8 Å². The van der Waals surface area contributed by atoms with E-state index in [4.69, 9.17) is 19.7 Å². The number of hydrogen-bond acceptors (Lipinski definition) is 5. The van der Waals surface area contributed by atoms with Crippen LogP contribution in [0.25, 0.3) is 0 Å². The second-order valence-corrected chi connectivity index (χ2v) is 5.37. The zero-order valence-corrected chi connectivity index (χ0v) is 17.3. The highest BCUT2D eigenvalue weighted by atomic mass is 127. The molecular formula is C17H25IN4O3. The van der Waals surface area contributed by atoms with Gasteiger partial charge in [-0.3, -0.25) is 0 Å². The first kappa shape index (κ1) is 21.1. The van der Waals surface area contributed by atoms with Crippen molar-refractivity contribution < 1.29 is 14.0 Å². The number of hydrogen-bond donors (Lipinski definition) is 2. The summed E-state index contributed by atoms with van der Waals surface area (Å²) in [5.41, 5.74) is 8.92. The predicted molar refractivity (Wildman–Crippen MR) is 108 cm³/mol. The molecule has 0 saturated carbocycles. The van der Waals surface area contributed by atoms with Crippen molar-refractivity contribution >= 4 is 29.9 Å². The third-order valence-electron chi connectivity index (χ3n) is 3.74. The van der Waals surface area contributed by atoms with Crippen LogP contribution in [0.2, 0.25) is 0 Å². The van der Waals surface area contributed by atoms with Gasteiger partial charge in [0.2, 0.25) is 0 Å². The first-order chi connectivity index (χ1) is 11.5. The summed E-state index contributed by atoms with van der Waals surface area (Å²) in [6.07, 6.45) is 0.785. The van der Waals surface area contributed by atoms with Crippen LogP contribution in [-0.2, 0) is 13.0 Å². The fraction of sp³-hybridized carbons (Fsp3) is 0.412. The van der Waals surface area contributed by atoms with E-state index in [1.54, 1.807) is 14.2 Å². The number of nitrogens with two attached hydrogens (primary N) is 1. The van der Waals surface area contributed by atoms with Crippen LogP contribution in [-0.4, -0.2) is 31.9 Å². The Hall–Kier alpha value is -1.97. The van der Waals surface area contributed by atoms with Gasteiger partial charge in [0.05, 0.1) is 26.5 Å². The number of guanidine groups is 1. The van der Waals surface area contributed by atoms with Crippen LogP contribution in [0.15, 0.2) is 27.7 Å². The van der Waals surface area contributed by atoms with Crippen LogP contribution in [0.5, 0.6) is 11.5 Å². The zero-order chi connectivity index (χ0) is 17.5. The first-order valence-corrected chi connectivity index (χ1v) is 7.71. The molecule has 0 aliphatic carbocycles. The molecule has 0 spiro atoms. The van der Waals surface area contributed by atoms with Crippen molar-refractivity contribution in [1.82, 2.24) is 10.5 Å². The standard InChI is InChI=1S/C17H24N4O3.HI/c1-11-14(12(2)24-21-11)7-8-19-17(18)20-10-13-5-6-15(22-3)16(9-13)23-4;/h5-6,9H,7-8,10H2,1-4H3,(H3,18,19,20);1H. The number of aromatic nitrogens is 1. The molecule has 25 heavy (non-hydrogen) atoms. The third kappa shape index (κ3) is 5.80. The number of rotatable bonds is 7. The van der Waals surface area contributed by atoms with Crippen LogP contribution in [0, 0.1) is 13.8 Å². The van der Waals surface area contributed by atoms with Gasteiger partial charge in [-0.1, -0.05) is 11.2 Å². The Kier molecular flexibility index (Phi) is 8.53. The maximum absolute atomic E-state index is 5.91. The van der Waals surface area contributed by atoms with Crippen molar-refractivity contribution in [1.29, 1.82) is 0 Å². The SMILES string of the molecule is COc1ccc(CN=C(N)NCCc2c(C)noc2C)cc1OC.I. The number of nitrogens with zero attached hydrogens (tertiary/aromatic N) is 2. The number of aryl methyl sites for hydroxylation is 2. The largest absolute Gasteiger partial charge is 0.493 e. The quantitative estimate of drug-likeness (QED) is 0.375. The molecule has 3 N–H and O–H groups in total. The molecule has 1 heterocycles. The van der Waals surface area contributed by atoms with Gasteiger partial charge < -0.3 is 25.0 Å². The third-order valence-corrected chi connectivity index (χ3v) is 3.74. The van der Waals surface area contributed by atoms with Crippen LogP contribution >= 0.6 is 24.0 Å². The van der Waals surface area contributed by atoms with Crippen molar-refractivity contribution in [3.05, 3.63) is 40.8 Å². The summed E-state index contributed by atoms with van der Waals surface area (Å²) < 4.78 is 15.6. The molecule has 1 aromatic carbocycles. The Balaban J connectivity index is 0.00000312. The lowest BCUT2D eigenvalue weighted by atomic mass is 10.1. The van der Waals surface area contributed by atoms with Gasteiger partial charge in [0, 0.05) is 12.1 Å². The predicted octanol–water partition coefficient (Wildman–Crippen LogP) is 2.57. The number of ether oxygens (including phenoxy) is 2. The maximum atomic E-state index is 5.91. The summed E-state index contributed by atoms with van der Waals surface area (Å²) in [5.74, 6) is 2.61. The van der Waals surface area contributed by atoms with E-state index in [-0.39, 0.29) is 24.0 Å². The minimum atomic E-state index is 0. The van der Waals surface area contributed by atoms with E-state index in [1.807, 2.05) is 32.0 Å². The molecule has 8 heteroatoms. The molecule has 0 radical (unpaired) electrons. The summed E-state index contributed by atoms with van der Waals surface area (Å²) in [6.45, 7) is 4.97. The highest BCUT2D eigenvalue weighted by molar-refractivity contribution is 14.0. The van der Waals surface area contributed by atoms with Crippen LogP contribution in [0.3, 0.4) is 0 Å². The van der Waals surface area contributed by atoms with E-state index in [0.29, 0.717) is 30.5 Å². The van der Waals surface area contributed by atoms with Crippen LogP contribution < -0.4 is 20.5 Å². The Morgan fingerprint density at radius 3 is 2.56 bits per heavy atom. The van der Waals surface area contributed by atoms with E-state index in [0.717, 1.165) is 29.0 Å². The molecule has 138 valence electrons. The number of halogens is 1. The Morgan fingerprint density at radius 2 is 1.96 bits per heavy atom. The molecule has 0 fully saturated rings. The van der Waals surface area contributed by atoms with Gasteiger partial charge in [-0.2, -0.15) is 0 Å². The summed E-state index contributed by atoms with van der Waals surface area (Å²) in [4.78, 5) is 4.34. The van der Waals surface area contributed by atoms with Crippen LogP contribution in [0.1, 0.15) is 22.6 Å². The molecule has 0 saturated heterocycles. The van der Waals surface area contributed by atoms with E-state index in [1.165, 1.54) is 0 Å². The number of methoxy groups -OCH3 is 2. The summed E-state index contributed by atoms with van der Waals surface area (Å²) in [6, 6.07) is 5.67. The van der Waals surface area contributed by atoms with E-state index >= 15 is 0 Å². The van der Waals surface area contributed by atoms with E-state index in [2.05, 4.69) is 15.5 Å². The van der Waals surface area contributed by atoms with Gasteiger partial charge in [-0.25, -0.2) is 4.99 Å². The molecule has 0 aliphatic rings. The molecule has 2 rings (SSSR count). The topological polar surface area (TPSA) is 94.9 Å². The van der Waals surface area contributed by atoms with Crippen LogP contribution in [0.4, 0.5) is 0 Å². The number of benzene rings is 1. The lowest BCUT2D eigenvalue weighted by Crippen LogP contribution is -2.33. The highest BCUT2D eigenvalue weighted by Gasteiger charge is 2.08. The van der Waals surface area contributed by atoms with Gasteiger partial charge in [0.15, 0.2) is 17.5 Å². The van der Waals surface area contributed by atoms with Gasteiger partial charge in [0.25, 0.3) is 0 Å². The van der Waals surface area contributed by atoms with Crippen molar-refractivity contribution in [3.63, 3.8) is 0 Å². The molecule has 0 amide bonds. The van der Waals surface area contributed by atoms with Crippen molar-refractivity contribution in [2.24, 2.45) is 10.7 Å². The zero-order valence-electron chi connectivity index (χ0n) is 15.0. The molecule has 0 bridgehead atoms. The average Bonchev–Trinajstić information content (AvgIpc) is 2.91. The lowest BCUT2D eigenvalue weighted by Gasteiger charge is -2.09. The second-order valence-electron chi connectivity index (χ2n) is 5.37. The first-order valence-electron chi connectivity index (χ1n) is 7.71. The fourth-order valence-corrected chi connectivity index (χ4v) is 2.39. The maximum Gasteiger partial charge on any atom is 0.188 e. The van der Waals surface area contributed by atoms with Gasteiger partial charge in [-0.05, 0) is 38.0 Å². The van der Waals surface area contributed by atoms with Gasteiger partial charge in [-0.15, -0.1) is 24.0 Å². The van der Waals surface area contributed by atoms with Gasteiger partial charge >= 0.3 is 0 Å². The Labute approximate surface area is 165 Å². The molecule has 0 unspecified atom stereocenters. The summed E-state index contributed by atoms with van der Waals surface area (Å²) in [5, 5.41) is 7.03. The lowest BCUT2D eigenvalue weighted by molar-refractivity contribution is 0.354. The number of aliphatic imine (C=N–C) groups is 1.